The summed E-state index contributed by atoms with van der Waals surface area (Å²) in [5, 5.41) is 0. The van der Waals surface area contributed by atoms with Gasteiger partial charge in [-0.2, -0.15) is 0 Å². The molecule has 1 aromatic carbocycles. The number of nitrogens with zero attached hydrogens (tertiary/aromatic N) is 1. The number of halogens is 1. The fraction of sp³-hybridized carbons (Fsp3) is 0.632. The van der Waals surface area contributed by atoms with Gasteiger partial charge in [0.15, 0.2) is 0 Å². The van der Waals surface area contributed by atoms with Crippen LogP contribution in [0.2, 0.25) is 0 Å². The zero-order valence-electron chi connectivity index (χ0n) is 14.0. The van der Waals surface area contributed by atoms with Gasteiger partial charge in [0.05, 0.1) is 0 Å². The number of nitrogens with two attached hydrogens (primary N) is 1. The second-order valence-corrected chi connectivity index (χ2v) is 7.07. The van der Waals surface area contributed by atoms with E-state index in [0.29, 0.717) is 24.2 Å². The Morgan fingerprint density at radius 1 is 1.26 bits per heavy atom. The van der Waals surface area contributed by atoms with Gasteiger partial charge in [0.2, 0.25) is 5.91 Å². The Kier molecular flexibility index (Phi) is 6.49. The molecule has 1 aromatic rings. The minimum atomic E-state index is 0. The van der Waals surface area contributed by atoms with Crippen LogP contribution in [0.3, 0.4) is 0 Å². The number of piperidine rings is 1. The van der Waals surface area contributed by atoms with Crippen LogP contribution in [0.5, 0.6) is 0 Å². The highest BCUT2D eigenvalue weighted by atomic mass is 35.5. The summed E-state index contributed by atoms with van der Waals surface area (Å²) in [6.45, 7) is 3.86. The number of aryl methyl sites for hydroxylation is 1. The first-order valence-corrected chi connectivity index (χ1v) is 8.76. The molecule has 0 spiro atoms. The molecule has 3 rings (SSSR count). The molecule has 1 amide bonds. The smallest absolute Gasteiger partial charge is 0.223 e. The van der Waals surface area contributed by atoms with E-state index in [-0.39, 0.29) is 18.4 Å². The Bertz CT molecular complexity index is 524. The maximum absolute atomic E-state index is 12.6. The van der Waals surface area contributed by atoms with E-state index >= 15 is 0 Å². The summed E-state index contributed by atoms with van der Waals surface area (Å²) >= 11 is 0. The number of fused-ring (bicyclic) bond motifs is 1. The fourth-order valence-corrected chi connectivity index (χ4v) is 4.08. The predicted octanol–water partition coefficient (Wildman–Crippen LogP) is 3.50. The number of hydrogen-bond acceptors (Lipinski definition) is 2. The van der Waals surface area contributed by atoms with Crippen molar-refractivity contribution in [3.8, 4) is 0 Å². The quantitative estimate of drug-likeness (QED) is 0.918. The number of likely N-dealkylation sites (tertiary alicyclic amines) is 1. The molecule has 2 atom stereocenters. The summed E-state index contributed by atoms with van der Waals surface area (Å²) in [7, 11) is 0. The van der Waals surface area contributed by atoms with Crippen molar-refractivity contribution in [2.45, 2.75) is 57.4 Å². The predicted molar refractivity (Wildman–Crippen MR) is 96.9 cm³/mol. The molecule has 1 aliphatic heterocycles. The van der Waals surface area contributed by atoms with Gasteiger partial charge in [0.25, 0.3) is 0 Å². The molecule has 0 radical (unpaired) electrons. The largest absolute Gasteiger partial charge is 0.343 e. The first-order valence-electron chi connectivity index (χ1n) is 8.76. The van der Waals surface area contributed by atoms with Crippen molar-refractivity contribution >= 4 is 18.3 Å². The molecule has 3 nitrogen and oxygen atoms in total. The van der Waals surface area contributed by atoms with E-state index in [2.05, 4.69) is 36.1 Å². The van der Waals surface area contributed by atoms with E-state index < -0.39 is 0 Å². The highest BCUT2D eigenvalue weighted by molar-refractivity contribution is 5.85. The molecule has 1 fully saturated rings. The highest BCUT2D eigenvalue weighted by Gasteiger charge is 2.28. The topological polar surface area (TPSA) is 46.3 Å². The van der Waals surface area contributed by atoms with Crippen molar-refractivity contribution in [3.05, 3.63) is 35.4 Å². The molecule has 0 saturated carbocycles. The van der Waals surface area contributed by atoms with E-state index in [4.69, 9.17) is 5.73 Å². The van der Waals surface area contributed by atoms with Crippen molar-refractivity contribution in [3.63, 3.8) is 0 Å². The molecule has 4 heteroatoms. The third-order valence-corrected chi connectivity index (χ3v) is 5.55. The molecular formula is C19H29ClN2O. The van der Waals surface area contributed by atoms with Gasteiger partial charge in [0.1, 0.15) is 0 Å². The van der Waals surface area contributed by atoms with Gasteiger partial charge >= 0.3 is 0 Å². The monoisotopic (exact) mass is 336 g/mol. The van der Waals surface area contributed by atoms with Crippen LogP contribution in [0.1, 0.15) is 56.1 Å². The summed E-state index contributed by atoms with van der Waals surface area (Å²) in [5.74, 6) is 1.34. The van der Waals surface area contributed by atoms with Crippen molar-refractivity contribution in [1.82, 2.24) is 4.90 Å². The minimum Gasteiger partial charge on any atom is -0.343 e. The van der Waals surface area contributed by atoms with E-state index in [1.54, 1.807) is 0 Å². The summed E-state index contributed by atoms with van der Waals surface area (Å²) in [5.41, 5.74) is 8.84. The standard InChI is InChI=1S/C19H28N2O.ClH/c1-14(20)15-9-11-21(12-10-15)19(22)13-17-7-4-6-16-5-2-3-8-18(16)17;/h2-3,5,8,14-15,17H,4,6-7,9-13,20H2,1H3;1H. The van der Waals surface area contributed by atoms with Gasteiger partial charge in [-0.3, -0.25) is 4.79 Å². The molecule has 2 N–H and O–H groups in total. The number of rotatable bonds is 3. The molecule has 128 valence electrons. The Morgan fingerprint density at radius 2 is 1.96 bits per heavy atom. The van der Waals surface area contributed by atoms with Crippen LogP contribution in [0.4, 0.5) is 0 Å². The van der Waals surface area contributed by atoms with Crippen molar-refractivity contribution in [2.75, 3.05) is 13.1 Å². The number of hydrogen-bond donors (Lipinski definition) is 1. The minimum absolute atomic E-state index is 0. The lowest BCUT2D eigenvalue weighted by Gasteiger charge is -2.35. The average Bonchev–Trinajstić information content (AvgIpc) is 2.55. The summed E-state index contributed by atoms with van der Waals surface area (Å²) in [4.78, 5) is 14.7. The number of amides is 1. The van der Waals surface area contributed by atoms with Gasteiger partial charge in [-0.05, 0) is 62.0 Å². The normalized spacial score (nSPS) is 22.9. The maximum atomic E-state index is 12.6. The molecule has 1 saturated heterocycles. The van der Waals surface area contributed by atoms with Crippen molar-refractivity contribution in [1.29, 1.82) is 0 Å². The lowest BCUT2D eigenvalue weighted by Crippen LogP contribution is -2.43. The highest BCUT2D eigenvalue weighted by Crippen LogP contribution is 2.34. The summed E-state index contributed by atoms with van der Waals surface area (Å²) < 4.78 is 0. The van der Waals surface area contributed by atoms with Crippen LogP contribution < -0.4 is 5.73 Å². The second-order valence-electron chi connectivity index (χ2n) is 7.07. The molecule has 2 aliphatic rings. The second kappa shape index (κ2) is 8.16. The van der Waals surface area contributed by atoms with E-state index in [1.807, 2.05) is 0 Å². The zero-order chi connectivity index (χ0) is 15.5. The van der Waals surface area contributed by atoms with Gasteiger partial charge in [0, 0.05) is 25.6 Å². The Balaban J connectivity index is 0.00000192. The van der Waals surface area contributed by atoms with E-state index in [9.17, 15) is 4.79 Å². The molecule has 0 aromatic heterocycles. The number of carbonyl (C=O) groups is 1. The number of benzene rings is 1. The molecule has 2 unspecified atom stereocenters. The Morgan fingerprint density at radius 3 is 2.65 bits per heavy atom. The molecule has 23 heavy (non-hydrogen) atoms. The lowest BCUT2D eigenvalue weighted by molar-refractivity contribution is -0.133. The van der Waals surface area contributed by atoms with Crippen molar-refractivity contribution < 1.29 is 4.79 Å². The molecule has 1 aliphatic carbocycles. The molecular weight excluding hydrogens is 308 g/mol. The first kappa shape index (κ1) is 18.3. The van der Waals surface area contributed by atoms with Crippen LogP contribution in [0.15, 0.2) is 24.3 Å². The van der Waals surface area contributed by atoms with E-state index in [1.165, 1.54) is 24.0 Å². The maximum Gasteiger partial charge on any atom is 0.223 e. The summed E-state index contributed by atoms with van der Waals surface area (Å²) in [6, 6.07) is 8.91. The first-order chi connectivity index (χ1) is 10.6. The van der Waals surface area contributed by atoms with Crippen LogP contribution >= 0.6 is 12.4 Å². The van der Waals surface area contributed by atoms with Crippen LogP contribution in [-0.4, -0.2) is 29.9 Å². The Hall–Kier alpha value is -1.06. The lowest BCUT2D eigenvalue weighted by atomic mass is 9.80. The van der Waals surface area contributed by atoms with Crippen LogP contribution in [-0.2, 0) is 11.2 Å². The third-order valence-electron chi connectivity index (χ3n) is 5.55. The van der Waals surface area contributed by atoms with Gasteiger partial charge < -0.3 is 10.6 Å². The van der Waals surface area contributed by atoms with Gasteiger partial charge in [-0.1, -0.05) is 24.3 Å². The summed E-state index contributed by atoms with van der Waals surface area (Å²) in [6.07, 6.45) is 6.33. The van der Waals surface area contributed by atoms with Crippen LogP contribution in [0, 0.1) is 5.92 Å². The van der Waals surface area contributed by atoms with Crippen LogP contribution in [0.25, 0.3) is 0 Å². The third kappa shape index (κ3) is 4.27. The van der Waals surface area contributed by atoms with Gasteiger partial charge in [-0.25, -0.2) is 0 Å². The fourth-order valence-electron chi connectivity index (χ4n) is 4.08. The van der Waals surface area contributed by atoms with Gasteiger partial charge in [-0.15, -0.1) is 12.4 Å². The zero-order valence-corrected chi connectivity index (χ0v) is 14.9. The van der Waals surface area contributed by atoms with E-state index in [0.717, 1.165) is 32.4 Å². The average molecular weight is 337 g/mol. The molecule has 1 heterocycles. The SMILES string of the molecule is CC(N)C1CCN(C(=O)CC2CCCc3ccccc32)CC1.Cl. The van der Waals surface area contributed by atoms with Crippen molar-refractivity contribution in [2.24, 2.45) is 11.7 Å². The Labute approximate surface area is 146 Å². The number of carbonyl (C=O) groups excluding carboxylic acids is 1. The molecule has 0 bridgehead atoms.